The maximum absolute atomic E-state index is 13.6. The molecule has 4 aromatic rings. The van der Waals surface area contributed by atoms with Crippen LogP contribution in [0.4, 0.5) is 19.0 Å². The molecule has 1 unspecified atom stereocenters. The van der Waals surface area contributed by atoms with Gasteiger partial charge in [-0.3, -0.25) is 4.79 Å². The van der Waals surface area contributed by atoms with Gasteiger partial charge in [-0.25, -0.2) is 0 Å². The Morgan fingerprint density at radius 2 is 1.93 bits per heavy atom. The fraction of sp³-hybridized carbons (Fsp3) is 0.211. The third-order valence-electron chi connectivity index (χ3n) is 5.11. The molecule has 152 valence electrons. The zero-order valence-corrected chi connectivity index (χ0v) is 15.6. The molecule has 1 aliphatic rings. The zero-order valence-electron chi connectivity index (χ0n) is 15.6. The van der Waals surface area contributed by atoms with Crippen LogP contribution in [-0.4, -0.2) is 35.5 Å². The molecule has 0 spiro atoms. The number of hydrogen-bond acceptors (Lipinski definition) is 5. The van der Waals surface area contributed by atoms with Crippen LogP contribution in [0.1, 0.15) is 34.7 Å². The van der Waals surface area contributed by atoms with E-state index in [0.717, 1.165) is 6.07 Å². The Hall–Kier alpha value is -3.76. The van der Waals surface area contributed by atoms with Gasteiger partial charge in [0, 0.05) is 17.9 Å². The average Bonchev–Trinajstić information content (AvgIpc) is 3.30. The Morgan fingerprint density at radius 3 is 2.73 bits per heavy atom. The summed E-state index contributed by atoms with van der Waals surface area (Å²) in [5, 5.41) is 19.2. The number of carbonyl (C=O) groups is 1. The van der Waals surface area contributed by atoms with Crippen LogP contribution in [0.5, 0.6) is 0 Å². The Labute approximate surface area is 167 Å². The Kier molecular flexibility index (Phi) is 3.88. The highest BCUT2D eigenvalue weighted by molar-refractivity contribution is 5.95. The number of anilines is 1. The van der Waals surface area contributed by atoms with E-state index >= 15 is 0 Å². The van der Waals surface area contributed by atoms with Gasteiger partial charge in [-0.05, 0) is 30.7 Å². The van der Waals surface area contributed by atoms with Gasteiger partial charge in [-0.2, -0.15) is 27.5 Å². The largest absolute Gasteiger partial charge is 0.416 e. The molecule has 0 fully saturated rings. The van der Waals surface area contributed by atoms with E-state index in [1.807, 2.05) is 0 Å². The van der Waals surface area contributed by atoms with Crippen LogP contribution in [0.15, 0.2) is 42.7 Å². The number of rotatable bonds is 2. The molecule has 8 nitrogen and oxygen atoms in total. The molecule has 1 amide bonds. The summed E-state index contributed by atoms with van der Waals surface area (Å²) in [7, 11) is 0. The van der Waals surface area contributed by atoms with Crippen LogP contribution in [0, 0.1) is 6.92 Å². The second kappa shape index (κ2) is 6.37. The Morgan fingerprint density at radius 1 is 1.13 bits per heavy atom. The first-order valence-corrected chi connectivity index (χ1v) is 9.06. The van der Waals surface area contributed by atoms with Gasteiger partial charge in [0.25, 0.3) is 0 Å². The highest BCUT2D eigenvalue weighted by atomic mass is 19.4. The number of aromatic nitrogens is 6. The Bertz CT molecular complexity index is 1290. The normalized spacial score (nSPS) is 16.5. The number of benzene rings is 1. The maximum Gasteiger partial charge on any atom is 0.416 e. The minimum Gasteiger partial charge on any atom is -0.310 e. The van der Waals surface area contributed by atoms with E-state index in [9.17, 15) is 18.0 Å². The van der Waals surface area contributed by atoms with Crippen molar-refractivity contribution in [1.82, 2.24) is 29.6 Å². The summed E-state index contributed by atoms with van der Waals surface area (Å²) < 4.78 is 43.7. The van der Waals surface area contributed by atoms with Crippen LogP contribution >= 0.6 is 0 Å². The van der Waals surface area contributed by atoms with Crippen molar-refractivity contribution in [3.8, 4) is 5.82 Å². The van der Waals surface area contributed by atoms with E-state index in [-0.39, 0.29) is 12.0 Å². The third kappa shape index (κ3) is 2.81. The lowest BCUT2D eigenvalue weighted by Crippen LogP contribution is -2.26. The van der Waals surface area contributed by atoms with Gasteiger partial charge in [0.2, 0.25) is 5.91 Å². The summed E-state index contributed by atoms with van der Waals surface area (Å²) >= 11 is 0. The van der Waals surface area contributed by atoms with Gasteiger partial charge in [-0.1, -0.05) is 18.2 Å². The molecule has 5 rings (SSSR count). The molecule has 1 N–H and O–H groups in total. The molecule has 0 saturated carbocycles. The van der Waals surface area contributed by atoms with Crippen LogP contribution in [0.25, 0.3) is 11.5 Å². The van der Waals surface area contributed by atoms with Crippen LogP contribution in [-0.2, 0) is 11.0 Å². The van der Waals surface area contributed by atoms with Crippen molar-refractivity contribution in [1.29, 1.82) is 0 Å². The first-order chi connectivity index (χ1) is 14.3. The van der Waals surface area contributed by atoms with Crippen LogP contribution in [0.2, 0.25) is 0 Å². The van der Waals surface area contributed by atoms with Crippen molar-refractivity contribution in [3.05, 3.63) is 65.1 Å². The standard InChI is InChI=1S/C19H14F3N7O/c1-10-17-12(11-4-2-3-5-13(11)19(20,21)22)8-16(30)24-18(17)29(26-10)15-7-6-14-25-23-9-28(14)27-15/h2-7,9,12H,8H2,1H3,(H,24,30). The summed E-state index contributed by atoms with van der Waals surface area (Å²) in [4.78, 5) is 12.5. The van der Waals surface area contributed by atoms with Crippen molar-refractivity contribution in [3.63, 3.8) is 0 Å². The molecule has 1 atom stereocenters. The van der Waals surface area contributed by atoms with Gasteiger partial charge in [0.05, 0.1) is 11.3 Å². The fourth-order valence-corrected chi connectivity index (χ4v) is 3.87. The predicted molar refractivity (Wildman–Crippen MR) is 99.2 cm³/mol. The highest BCUT2D eigenvalue weighted by Crippen LogP contribution is 2.44. The van der Waals surface area contributed by atoms with Gasteiger partial charge >= 0.3 is 6.18 Å². The summed E-state index contributed by atoms with van der Waals surface area (Å²) in [6.45, 7) is 1.70. The summed E-state index contributed by atoms with van der Waals surface area (Å²) in [6, 6.07) is 8.65. The molecule has 0 saturated heterocycles. The molecule has 1 aromatic carbocycles. The fourth-order valence-electron chi connectivity index (χ4n) is 3.87. The lowest BCUT2D eigenvalue weighted by molar-refractivity contribution is -0.138. The van der Waals surface area contributed by atoms with Gasteiger partial charge in [0.15, 0.2) is 11.5 Å². The van der Waals surface area contributed by atoms with E-state index in [2.05, 4.69) is 25.7 Å². The van der Waals surface area contributed by atoms with Crippen molar-refractivity contribution >= 4 is 17.4 Å². The number of amides is 1. The number of nitrogens with zero attached hydrogens (tertiary/aromatic N) is 6. The number of nitrogens with one attached hydrogen (secondary N) is 1. The average molecular weight is 413 g/mol. The van der Waals surface area contributed by atoms with E-state index in [0.29, 0.717) is 28.5 Å². The van der Waals surface area contributed by atoms with Crippen LogP contribution < -0.4 is 5.32 Å². The minimum absolute atomic E-state index is 0.0472. The molecule has 4 heterocycles. The molecular weight excluding hydrogens is 399 g/mol. The summed E-state index contributed by atoms with van der Waals surface area (Å²) in [6.07, 6.45) is -3.22. The minimum atomic E-state index is -4.53. The van der Waals surface area contributed by atoms with Crippen molar-refractivity contribution in [2.24, 2.45) is 0 Å². The van der Waals surface area contributed by atoms with E-state index in [1.54, 1.807) is 19.1 Å². The molecule has 11 heteroatoms. The van der Waals surface area contributed by atoms with Crippen molar-refractivity contribution in [2.45, 2.75) is 25.4 Å². The molecule has 1 aliphatic heterocycles. The molecular formula is C19H14F3N7O. The van der Waals surface area contributed by atoms with Gasteiger partial charge < -0.3 is 5.32 Å². The quantitative estimate of drug-likeness (QED) is 0.545. The molecule has 3 aromatic heterocycles. The lowest BCUT2D eigenvalue weighted by atomic mass is 9.83. The van der Waals surface area contributed by atoms with E-state index < -0.39 is 23.6 Å². The number of carbonyl (C=O) groups excluding carboxylic acids is 1. The summed E-state index contributed by atoms with van der Waals surface area (Å²) in [5.41, 5.74) is 0.866. The van der Waals surface area contributed by atoms with Gasteiger partial charge in [-0.15, -0.1) is 15.3 Å². The molecule has 0 aliphatic carbocycles. The van der Waals surface area contributed by atoms with E-state index in [1.165, 1.54) is 33.7 Å². The monoisotopic (exact) mass is 413 g/mol. The van der Waals surface area contributed by atoms with E-state index in [4.69, 9.17) is 0 Å². The second-order valence-electron chi connectivity index (χ2n) is 6.97. The molecule has 0 radical (unpaired) electrons. The first-order valence-electron chi connectivity index (χ1n) is 9.06. The maximum atomic E-state index is 13.6. The topological polar surface area (TPSA) is 90.0 Å². The van der Waals surface area contributed by atoms with Crippen molar-refractivity contribution < 1.29 is 18.0 Å². The summed E-state index contributed by atoms with van der Waals surface area (Å²) in [5.74, 6) is -0.489. The van der Waals surface area contributed by atoms with Crippen LogP contribution in [0.3, 0.4) is 0 Å². The number of alkyl halides is 3. The third-order valence-corrected chi connectivity index (χ3v) is 5.11. The predicted octanol–water partition coefficient (Wildman–Crippen LogP) is 3.11. The number of fused-ring (bicyclic) bond motifs is 2. The smallest absolute Gasteiger partial charge is 0.310 e. The Balaban J connectivity index is 1.69. The number of aryl methyl sites for hydroxylation is 1. The highest BCUT2D eigenvalue weighted by Gasteiger charge is 2.39. The van der Waals surface area contributed by atoms with Gasteiger partial charge in [0.1, 0.15) is 12.1 Å². The SMILES string of the molecule is Cc1nn(-c2ccc3nncn3n2)c2c1C(c1ccccc1C(F)(F)F)CC(=O)N2. The first kappa shape index (κ1) is 18.3. The molecule has 30 heavy (non-hydrogen) atoms. The number of hydrogen-bond donors (Lipinski definition) is 1. The number of halogens is 3. The second-order valence-corrected chi connectivity index (χ2v) is 6.97. The molecule has 0 bridgehead atoms. The van der Waals surface area contributed by atoms with Crippen molar-refractivity contribution in [2.75, 3.05) is 5.32 Å². The lowest BCUT2D eigenvalue weighted by Gasteiger charge is -2.26. The zero-order chi connectivity index (χ0) is 21.0.